The van der Waals surface area contributed by atoms with Crippen LogP contribution in [-0.4, -0.2) is 61.8 Å². The van der Waals surface area contributed by atoms with Crippen molar-refractivity contribution in [2.75, 3.05) is 20.1 Å². The number of nitrogens with one attached hydrogen (secondary N) is 1. The van der Waals surface area contributed by atoms with Crippen molar-refractivity contribution in [2.24, 2.45) is 5.92 Å². The van der Waals surface area contributed by atoms with Crippen LogP contribution >= 0.6 is 0 Å². The van der Waals surface area contributed by atoms with Crippen LogP contribution in [0.4, 0.5) is 13.2 Å². The van der Waals surface area contributed by atoms with Gasteiger partial charge in [-0.2, -0.15) is 17.5 Å². The number of hydrogen-bond acceptors (Lipinski definition) is 4. The Bertz CT molecular complexity index is 967. The second-order valence-corrected chi connectivity index (χ2v) is 11.7. The van der Waals surface area contributed by atoms with Crippen molar-refractivity contribution in [3.63, 3.8) is 0 Å². The van der Waals surface area contributed by atoms with Crippen LogP contribution in [0, 0.1) is 5.92 Å². The monoisotopic (exact) mass is 501 g/mol. The Hall–Kier alpha value is -1.65. The summed E-state index contributed by atoms with van der Waals surface area (Å²) < 4.78 is 67.8. The van der Waals surface area contributed by atoms with Crippen LogP contribution in [0.3, 0.4) is 0 Å². The van der Waals surface area contributed by atoms with Crippen LogP contribution in [0.25, 0.3) is 0 Å². The summed E-state index contributed by atoms with van der Waals surface area (Å²) in [6.07, 6.45) is 3.36. The Labute approximate surface area is 199 Å². The summed E-state index contributed by atoms with van der Waals surface area (Å²) >= 11 is 0. The third kappa shape index (κ3) is 5.44. The molecule has 1 amide bonds. The highest BCUT2D eigenvalue weighted by Gasteiger charge is 2.45. The van der Waals surface area contributed by atoms with Gasteiger partial charge >= 0.3 is 6.18 Å². The molecule has 3 aliphatic rings. The van der Waals surface area contributed by atoms with Gasteiger partial charge in [0.05, 0.1) is 16.5 Å². The minimum Gasteiger partial charge on any atom is -0.341 e. The topological polar surface area (TPSA) is 69.7 Å². The fourth-order valence-corrected chi connectivity index (χ4v) is 7.52. The van der Waals surface area contributed by atoms with Crippen LogP contribution in [0.15, 0.2) is 29.2 Å². The van der Waals surface area contributed by atoms with Crippen molar-refractivity contribution in [3.05, 3.63) is 29.8 Å². The molecular weight excluding hydrogens is 467 g/mol. The molecule has 2 aliphatic carbocycles. The summed E-state index contributed by atoms with van der Waals surface area (Å²) in [7, 11) is -2.26. The molecular formula is C24H34F3N3O3S. The maximum Gasteiger partial charge on any atom is 0.416 e. The molecule has 6 nitrogen and oxygen atoms in total. The minimum absolute atomic E-state index is 0.0755. The Morgan fingerprint density at radius 1 is 1.03 bits per heavy atom. The predicted octanol–water partition coefficient (Wildman–Crippen LogP) is 4.02. The average Bonchev–Trinajstić information content (AvgIpc) is 3.65. The molecule has 1 unspecified atom stereocenters. The van der Waals surface area contributed by atoms with E-state index in [9.17, 15) is 26.4 Å². The standard InChI is InChI=1S/C24H34F3N3O3S/c1-28-22(17-6-3-2-4-7-17)23(31)29-14-12-20(13-15-29)30(19-10-11-19)34(32,33)21-9-5-8-18(16-21)24(25,26)27/h5,8-9,16-17,19-20,22,28H,2-4,6-7,10-15H2,1H3. The van der Waals surface area contributed by atoms with Gasteiger partial charge in [-0.1, -0.05) is 25.3 Å². The van der Waals surface area contributed by atoms with Crippen LogP contribution in [0.5, 0.6) is 0 Å². The molecule has 1 heterocycles. The number of amides is 1. The van der Waals surface area contributed by atoms with E-state index in [4.69, 9.17) is 0 Å². The highest BCUT2D eigenvalue weighted by molar-refractivity contribution is 7.89. The maximum absolute atomic E-state index is 13.4. The number of piperidine rings is 1. The van der Waals surface area contributed by atoms with E-state index in [1.807, 2.05) is 11.9 Å². The van der Waals surface area contributed by atoms with Crippen molar-refractivity contribution in [3.8, 4) is 0 Å². The number of alkyl halides is 3. The molecule has 1 aromatic rings. The van der Waals surface area contributed by atoms with Crippen molar-refractivity contribution >= 4 is 15.9 Å². The van der Waals surface area contributed by atoms with E-state index in [0.29, 0.717) is 44.7 Å². The third-order valence-corrected chi connectivity index (χ3v) is 9.48. The number of benzene rings is 1. The molecule has 4 rings (SSSR count). The molecule has 1 aliphatic heterocycles. The normalized spacial score (nSPS) is 22.2. The minimum atomic E-state index is -4.61. The van der Waals surface area contributed by atoms with Gasteiger partial charge in [-0.3, -0.25) is 4.79 Å². The Morgan fingerprint density at radius 2 is 1.65 bits per heavy atom. The maximum atomic E-state index is 13.4. The van der Waals surface area contributed by atoms with E-state index in [1.54, 1.807) is 0 Å². The summed E-state index contributed by atoms with van der Waals surface area (Å²) in [5.41, 5.74) is -0.967. The summed E-state index contributed by atoms with van der Waals surface area (Å²) in [5, 5.41) is 3.20. The van der Waals surface area contributed by atoms with Crippen molar-refractivity contribution in [1.82, 2.24) is 14.5 Å². The average molecular weight is 502 g/mol. The zero-order valence-electron chi connectivity index (χ0n) is 19.6. The zero-order chi connectivity index (χ0) is 24.5. The highest BCUT2D eigenvalue weighted by Crippen LogP contribution is 2.38. The first-order chi connectivity index (χ1) is 16.1. The first kappa shape index (κ1) is 25.4. The number of sulfonamides is 1. The van der Waals surface area contributed by atoms with Crippen molar-refractivity contribution < 1.29 is 26.4 Å². The molecule has 1 saturated heterocycles. The quantitative estimate of drug-likeness (QED) is 0.613. The van der Waals surface area contributed by atoms with Gasteiger partial charge in [0.1, 0.15) is 0 Å². The fraction of sp³-hybridized carbons (Fsp3) is 0.708. The Kier molecular flexibility index (Phi) is 7.59. The molecule has 0 radical (unpaired) electrons. The molecule has 34 heavy (non-hydrogen) atoms. The molecule has 0 aromatic heterocycles. The summed E-state index contributed by atoms with van der Waals surface area (Å²) in [4.78, 5) is 14.7. The van der Waals surface area contributed by atoms with Gasteiger partial charge in [0.2, 0.25) is 15.9 Å². The number of carbonyl (C=O) groups excluding carboxylic acids is 1. The number of nitrogens with zero attached hydrogens (tertiary/aromatic N) is 2. The lowest BCUT2D eigenvalue weighted by molar-refractivity contribution is -0.138. The molecule has 0 spiro atoms. The smallest absolute Gasteiger partial charge is 0.341 e. The second kappa shape index (κ2) is 10.1. The number of carbonyl (C=O) groups is 1. The zero-order valence-corrected chi connectivity index (χ0v) is 20.4. The molecule has 10 heteroatoms. The third-order valence-electron chi connectivity index (χ3n) is 7.48. The lowest BCUT2D eigenvalue weighted by Gasteiger charge is -2.40. The predicted molar refractivity (Wildman–Crippen MR) is 123 cm³/mol. The van der Waals surface area contributed by atoms with Crippen LogP contribution in [0.2, 0.25) is 0 Å². The molecule has 0 bridgehead atoms. The SMILES string of the molecule is CNC(C(=O)N1CCC(N(C2CC2)S(=O)(=O)c2cccc(C(F)(F)F)c2)CC1)C1CCCCC1. The van der Waals surface area contributed by atoms with Gasteiger partial charge in [-0.25, -0.2) is 8.42 Å². The highest BCUT2D eigenvalue weighted by atomic mass is 32.2. The van der Waals surface area contributed by atoms with E-state index in [2.05, 4.69) is 5.32 Å². The summed E-state index contributed by atoms with van der Waals surface area (Å²) in [5.74, 6) is 0.403. The molecule has 190 valence electrons. The van der Waals surface area contributed by atoms with Crippen LogP contribution in [0.1, 0.15) is 63.4 Å². The number of likely N-dealkylation sites (N-methyl/N-ethyl adjacent to an activating group) is 1. The lowest BCUT2D eigenvalue weighted by Crippen LogP contribution is -2.54. The second-order valence-electron chi connectivity index (χ2n) is 9.81. The van der Waals surface area contributed by atoms with Crippen molar-refractivity contribution in [1.29, 1.82) is 0 Å². The van der Waals surface area contributed by atoms with Crippen LogP contribution < -0.4 is 5.32 Å². The van der Waals surface area contributed by atoms with Gasteiger partial charge in [0, 0.05) is 25.2 Å². The van der Waals surface area contributed by atoms with E-state index >= 15 is 0 Å². The molecule has 1 aromatic carbocycles. The number of likely N-dealkylation sites (tertiary alicyclic amines) is 1. The molecule has 1 N–H and O–H groups in total. The summed E-state index contributed by atoms with van der Waals surface area (Å²) in [6, 6.07) is 3.27. The van der Waals surface area contributed by atoms with E-state index < -0.39 is 21.8 Å². The van der Waals surface area contributed by atoms with E-state index in [1.165, 1.54) is 16.8 Å². The summed E-state index contributed by atoms with van der Waals surface area (Å²) in [6.45, 7) is 0.908. The molecule has 1 atom stereocenters. The van der Waals surface area contributed by atoms with Crippen LogP contribution in [-0.2, 0) is 21.0 Å². The van der Waals surface area contributed by atoms with Gasteiger partial charge in [-0.15, -0.1) is 0 Å². The first-order valence-corrected chi connectivity index (χ1v) is 13.7. The largest absolute Gasteiger partial charge is 0.416 e. The first-order valence-electron chi connectivity index (χ1n) is 12.3. The molecule has 3 fully saturated rings. The Balaban J connectivity index is 1.46. The van der Waals surface area contributed by atoms with Gasteiger partial charge in [0.25, 0.3) is 0 Å². The lowest BCUT2D eigenvalue weighted by atomic mass is 9.83. The van der Waals surface area contributed by atoms with Gasteiger partial charge < -0.3 is 10.2 Å². The van der Waals surface area contributed by atoms with Crippen molar-refractivity contribution in [2.45, 2.75) is 87.0 Å². The van der Waals surface area contributed by atoms with E-state index in [-0.39, 0.29) is 28.9 Å². The van der Waals surface area contributed by atoms with Gasteiger partial charge in [0.15, 0.2) is 0 Å². The Morgan fingerprint density at radius 3 is 2.21 bits per heavy atom. The number of hydrogen-bond donors (Lipinski definition) is 1. The molecule has 2 saturated carbocycles. The fourth-order valence-electron chi connectivity index (χ4n) is 5.54. The number of rotatable bonds is 7. The van der Waals surface area contributed by atoms with E-state index in [0.717, 1.165) is 43.9 Å². The van der Waals surface area contributed by atoms with Gasteiger partial charge in [-0.05, 0) is 69.7 Å². The number of halogens is 3.